The predicted molar refractivity (Wildman–Crippen MR) is 79.1 cm³/mol. The van der Waals surface area contributed by atoms with Crippen molar-refractivity contribution in [3.63, 3.8) is 0 Å². The molecule has 0 amide bonds. The second-order valence-corrected chi connectivity index (χ2v) is 5.99. The monoisotopic (exact) mass is 325 g/mol. The Morgan fingerprint density at radius 2 is 2.16 bits per heavy atom. The van der Waals surface area contributed by atoms with Gasteiger partial charge in [0.15, 0.2) is 11.5 Å². The molecule has 1 N–H and O–H groups in total. The van der Waals surface area contributed by atoms with Crippen LogP contribution in [0.4, 0.5) is 0 Å². The number of ether oxygens (including phenoxy) is 2. The maximum Gasteiger partial charge on any atom is 0.164 e. The molecule has 1 fully saturated rings. The predicted octanol–water partition coefficient (Wildman–Crippen LogP) is 3.60. The fourth-order valence-electron chi connectivity index (χ4n) is 3.01. The van der Waals surface area contributed by atoms with Gasteiger partial charge in [0.1, 0.15) is 0 Å². The van der Waals surface area contributed by atoms with Gasteiger partial charge in [0.05, 0.1) is 13.2 Å². The summed E-state index contributed by atoms with van der Waals surface area (Å²) >= 11 is 3.73. The summed E-state index contributed by atoms with van der Waals surface area (Å²) in [6, 6.07) is 2.52. The lowest BCUT2D eigenvalue weighted by atomic mass is 9.96. The van der Waals surface area contributed by atoms with Crippen molar-refractivity contribution in [3.8, 4) is 11.5 Å². The van der Waals surface area contributed by atoms with E-state index in [1.165, 1.54) is 24.0 Å². The van der Waals surface area contributed by atoms with Crippen molar-refractivity contribution in [3.05, 3.63) is 21.7 Å². The van der Waals surface area contributed by atoms with Crippen LogP contribution in [0.2, 0.25) is 0 Å². The van der Waals surface area contributed by atoms with Crippen LogP contribution in [0.15, 0.2) is 10.5 Å². The van der Waals surface area contributed by atoms with Crippen LogP contribution >= 0.6 is 15.9 Å². The van der Waals surface area contributed by atoms with E-state index in [4.69, 9.17) is 9.47 Å². The smallest absolute Gasteiger partial charge is 0.164 e. The topological polar surface area (TPSA) is 30.5 Å². The standard InChI is InChI=1S/C15H20BrNO2/c1-2-10-14(12-5-3-6-17-12)11(16)9-13-15(10)19-8-4-7-18-13/h9,12,17H,2-8H2,1H3. The summed E-state index contributed by atoms with van der Waals surface area (Å²) in [6.45, 7) is 4.78. The first-order valence-corrected chi connectivity index (χ1v) is 7.94. The van der Waals surface area contributed by atoms with Crippen molar-refractivity contribution in [2.45, 2.75) is 38.6 Å². The molecular weight excluding hydrogens is 306 g/mol. The maximum atomic E-state index is 5.95. The fourth-order valence-corrected chi connectivity index (χ4v) is 3.74. The maximum absolute atomic E-state index is 5.95. The third kappa shape index (κ3) is 2.48. The van der Waals surface area contributed by atoms with E-state index in [0.29, 0.717) is 6.04 Å². The average molecular weight is 326 g/mol. The van der Waals surface area contributed by atoms with Gasteiger partial charge >= 0.3 is 0 Å². The number of halogens is 1. The van der Waals surface area contributed by atoms with E-state index in [2.05, 4.69) is 34.2 Å². The van der Waals surface area contributed by atoms with E-state index in [9.17, 15) is 0 Å². The lowest BCUT2D eigenvalue weighted by Crippen LogP contribution is -2.16. The molecule has 3 nitrogen and oxygen atoms in total. The van der Waals surface area contributed by atoms with E-state index in [1.807, 2.05) is 0 Å². The summed E-state index contributed by atoms with van der Waals surface area (Å²) in [5.41, 5.74) is 2.66. The van der Waals surface area contributed by atoms with Gasteiger partial charge in [0, 0.05) is 22.5 Å². The molecule has 1 atom stereocenters. The van der Waals surface area contributed by atoms with E-state index in [0.717, 1.165) is 48.6 Å². The van der Waals surface area contributed by atoms with E-state index < -0.39 is 0 Å². The van der Waals surface area contributed by atoms with Crippen molar-refractivity contribution < 1.29 is 9.47 Å². The summed E-state index contributed by atoms with van der Waals surface area (Å²) < 4.78 is 12.9. The zero-order chi connectivity index (χ0) is 13.2. The number of hydrogen-bond acceptors (Lipinski definition) is 3. The summed E-state index contributed by atoms with van der Waals surface area (Å²) in [5.74, 6) is 1.86. The van der Waals surface area contributed by atoms with Gasteiger partial charge in [0.2, 0.25) is 0 Å². The zero-order valence-corrected chi connectivity index (χ0v) is 12.9. The van der Waals surface area contributed by atoms with E-state index in [1.54, 1.807) is 0 Å². The Bertz CT molecular complexity index is 470. The van der Waals surface area contributed by atoms with Crippen molar-refractivity contribution in [1.29, 1.82) is 0 Å². The molecule has 0 aromatic heterocycles. The van der Waals surface area contributed by atoms with Crippen LogP contribution < -0.4 is 14.8 Å². The van der Waals surface area contributed by atoms with Crippen molar-refractivity contribution in [2.75, 3.05) is 19.8 Å². The van der Waals surface area contributed by atoms with Crippen LogP contribution in [0, 0.1) is 0 Å². The zero-order valence-electron chi connectivity index (χ0n) is 11.3. The van der Waals surface area contributed by atoms with Crippen LogP contribution in [-0.2, 0) is 6.42 Å². The first-order chi connectivity index (χ1) is 9.31. The molecule has 3 rings (SSSR count). The van der Waals surface area contributed by atoms with Crippen LogP contribution in [0.25, 0.3) is 0 Å². The second kappa shape index (κ2) is 5.71. The molecule has 104 valence electrons. The van der Waals surface area contributed by atoms with Crippen LogP contribution in [-0.4, -0.2) is 19.8 Å². The van der Waals surface area contributed by atoms with Gasteiger partial charge in [-0.2, -0.15) is 0 Å². The number of hydrogen-bond donors (Lipinski definition) is 1. The highest BCUT2D eigenvalue weighted by Crippen LogP contribution is 2.43. The highest BCUT2D eigenvalue weighted by atomic mass is 79.9. The highest BCUT2D eigenvalue weighted by Gasteiger charge is 2.26. The van der Waals surface area contributed by atoms with Crippen molar-refractivity contribution in [1.82, 2.24) is 5.32 Å². The van der Waals surface area contributed by atoms with E-state index >= 15 is 0 Å². The molecule has 0 saturated carbocycles. The van der Waals surface area contributed by atoms with E-state index in [-0.39, 0.29) is 0 Å². The first-order valence-electron chi connectivity index (χ1n) is 7.15. The Morgan fingerprint density at radius 1 is 1.32 bits per heavy atom. The quantitative estimate of drug-likeness (QED) is 0.901. The molecule has 1 saturated heterocycles. The number of nitrogens with one attached hydrogen (secondary N) is 1. The van der Waals surface area contributed by atoms with Gasteiger partial charge in [-0.05, 0) is 37.4 Å². The van der Waals surface area contributed by atoms with Gasteiger partial charge < -0.3 is 14.8 Å². The summed E-state index contributed by atoms with van der Waals surface area (Å²) in [5, 5.41) is 3.58. The number of rotatable bonds is 2. The highest BCUT2D eigenvalue weighted by molar-refractivity contribution is 9.10. The lowest BCUT2D eigenvalue weighted by molar-refractivity contribution is 0.296. The van der Waals surface area contributed by atoms with Crippen molar-refractivity contribution in [2.24, 2.45) is 0 Å². The van der Waals surface area contributed by atoms with Crippen LogP contribution in [0.1, 0.15) is 43.4 Å². The largest absolute Gasteiger partial charge is 0.490 e. The van der Waals surface area contributed by atoms with Crippen LogP contribution in [0.5, 0.6) is 11.5 Å². The van der Waals surface area contributed by atoms with Crippen molar-refractivity contribution >= 4 is 15.9 Å². The molecule has 2 aliphatic rings. The van der Waals surface area contributed by atoms with Gasteiger partial charge in [-0.25, -0.2) is 0 Å². The summed E-state index contributed by atoms with van der Waals surface area (Å²) in [4.78, 5) is 0. The minimum Gasteiger partial charge on any atom is -0.490 e. The normalized spacial score (nSPS) is 22.3. The SMILES string of the molecule is CCc1c2c(cc(Br)c1C1CCCN1)OCCCO2. The third-order valence-electron chi connectivity index (χ3n) is 3.89. The van der Waals surface area contributed by atoms with Crippen LogP contribution in [0.3, 0.4) is 0 Å². The minimum atomic E-state index is 0.446. The molecule has 0 aliphatic carbocycles. The summed E-state index contributed by atoms with van der Waals surface area (Å²) in [7, 11) is 0. The Balaban J connectivity index is 2.10. The molecule has 0 bridgehead atoms. The average Bonchev–Trinajstić information content (AvgIpc) is 2.83. The molecule has 0 radical (unpaired) electrons. The molecular formula is C15H20BrNO2. The Morgan fingerprint density at radius 3 is 2.89 bits per heavy atom. The Hall–Kier alpha value is -0.740. The molecule has 2 aliphatic heterocycles. The second-order valence-electron chi connectivity index (χ2n) is 5.13. The molecule has 1 unspecified atom stereocenters. The fraction of sp³-hybridized carbons (Fsp3) is 0.600. The Labute approximate surface area is 122 Å². The van der Waals surface area contributed by atoms with Gasteiger partial charge in [0.25, 0.3) is 0 Å². The lowest BCUT2D eigenvalue weighted by Gasteiger charge is -2.21. The third-order valence-corrected chi connectivity index (χ3v) is 4.55. The Kier molecular flexibility index (Phi) is 3.99. The molecule has 1 aromatic carbocycles. The number of fused-ring (bicyclic) bond motifs is 1. The summed E-state index contributed by atoms with van der Waals surface area (Å²) in [6.07, 6.45) is 4.37. The number of benzene rings is 1. The van der Waals surface area contributed by atoms with Gasteiger partial charge in [-0.3, -0.25) is 0 Å². The minimum absolute atomic E-state index is 0.446. The molecule has 2 heterocycles. The first kappa shape index (κ1) is 13.3. The molecule has 1 aromatic rings. The molecule has 0 spiro atoms. The molecule has 19 heavy (non-hydrogen) atoms. The molecule has 4 heteroatoms. The van der Waals surface area contributed by atoms with Gasteiger partial charge in [-0.15, -0.1) is 0 Å². The van der Waals surface area contributed by atoms with Gasteiger partial charge in [-0.1, -0.05) is 22.9 Å².